The summed E-state index contributed by atoms with van der Waals surface area (Å²) in [6, 6.07) is 19.1. The molecule has 0 heterocycles. The van der Waals surface area contributed by atoms with Crippen molar-refractivity contribution in [3.05, 3.63) is 65.7 Å². The standard InChI is InChI=1S/C27H42NO2.ClH/c1-22(29-18-19-30-25-12-10-9-11-13-25)28(7,8)20-23-14-16-24(17-15-23)27(5,6)21-26(2,3)4;/h9-17,22H,18-21H2,1-8H3;1H/q+1;/p-1. The lowest BCUT2D eigenvalue weighted by molar-refractivity contribution is -0.947. The average Bonchev–Trinajstić information content (AvgIpc) is 2.64. The van der Waals surface area contributed by atoms with Gasteiger partial charge in [0.2, 0.25) is 0 Å². The SMILES string of the molecule is CC(OCCOc1ccccc1)[N+](C)(C)Cc1ccc(C(C)(C)CC(C)(C)C)cc1.[Cl-]. The highest BCUT2D eigenvalue weighted by molar-refractivity contribution is 5.28. The second kappa shape index (κ2) is 11.4. The van der Waals surface area contributed by atoms with Crippen molar-refractivity contribution in [1.29, 1.82) is 0 Å². The summed E-state index contributed by atoms with van der Waals surface area (Å²) in [7, 11) is 4.44. The maximum atomic E-state index is 6.08. The zero-order chi connectivity index (χ0) is 22.4. The summed E-state index contributed by atoms with van der Waals surface area (Å²) in [6.07, 6.45) is 1.25. The third-order valence-electron chi connectivity index (χ3n) is 5.74. The molecule has 2 aromatic rings. The van der Waals surface area contributed by atoms with Crippen molar-refractivity contribution in [3.8, 4) is 5.75 Å². The van der Waals surface area contributed by atoms with Crippen molar-refractivity contribution in [2.45, 2.75) is 66.2 Å². The maximum Gasteiger partial charge on any atom is 0.190 e. The molecule has 0 fully saturated rings. The van der Waals surface area contributed by atoms with Gasteiger partial charge in [0.15, 0.2) is 6.23 Å². The van der Waals surface area contributed by atoms with Gasteiger partial charge < -0.3 is 21.9 Å². The molecule has 0 aliphatic rings. The fourth-order valence-corrected chi connectivity index (χ4v) is 4.19. The summed E-state index contributed by atoms with van der Waals surface area (Å²) < 4.78 is 12.6. The fourth-order valence-electron chi connectivity index (χ4n) is 4.19. The number of hydrogen-bond donors (Lipinski definition) is 0. The average molecular weight is 448 g/mol. The third-order valence-corrected chi connectivity index (χ3v) is 5.74. The van der Waals surface area contributed by atoms with Crippen LogP contribution in [0.15, 0.2) is 54.6 Å². The highest BCUT2D eigenvalue weighted by Crippen LogP contribution is 2.36. The number of quaternary nitrogens is 1. The van der Waals surface area contributed by atoms with E-state index in [1.54, 1.807) is 0 Å². The quantitative estimate of drug-likeness (QED) is 0.315. The summed E-state index contributed by atoms with van der Waals surface area (Å²) in [5.74, 6) is 0.886. The van der Waals surface area contributed by atoms with E-state index in [2.05, 4.69) is 79.9 Å². The van der Waals surface area contributed by atoms with Crippen LogP contribution < -0.4 is 17.1 Å². The van der Waals surface area contributed by atoms with Gasteiger partial charge in [0, 0.05) is 12.5 Å². The van der Waals surface area contributed by atoms with E-state index >= 15 is 0 Å². The predicted molar refractivity (Wildman–Crippen MR) is 127 cm³/mol. The normalized spacial score (nSPS) is 13.4. The zero-order valence-corrected chi connectivity index (χ0v) is 21.5. The Bertz CT molecular complexity index is 764. The van der Waals surface area contributed by atoms with Crippen LogP contribution in [0.25, 0.3) is 0 Å². The van der Waals surface area contributed by atoms with E-state index in [0.717, 1.165) is 23.2 Å². The maximum absolute atomic E-state index is 6.08. The second-order valence-electron chi connectivity index (χ2n) is 10.9. The number of nitrogens with zero attached hydrogens (tertiary/aromatic N) is 1. The monoisotopic (exact) mass is 447 g/mol. The summed E-state index contributed by atoms with van der Waals surface area (Å²) in [4.78, 5) is 0. The van der Waals surface area contributed by atoms with Gasteiger partial charge in [-0.15, -0.1) is 0 Å². The molecular formula is C27H42ClNO2. The first kappa shape index (κ1) is 27.5. The van der Waals surface area contributed by atoms with Gasteiger partial charge >= 0.3 is 0 Å². The fraction of sp³-hybridized carbons (Fsp3) is 0.556. The highest BCUT2D eigenvalue weighted by atomic mass is 35.5. The van der Waals surface area contributed by atoms with E-state index in [0.29, 0.717) is 18.6 Å². The Morgan fingerprint density at radius 3 is 1.97 bits per heavy atom. The van der Waals surface area contributed by atoms with E-state index in [4.69, 9.17) is 9.47 Å². The van der Waals surface area contributed by atoms with E-state index < -0.39 is 0 Å². The molecule has 0 amide bonds. The molecule has 0 spiro atoms. The molecular weight excluding hydrogens is 406 g/mol. The largest absolute Gasteiger partial charge is 1.00 e. The van der Waals surface area contributed by atoms with Gasteiger partial charge in [-0.25, -0.2) is 0 Å². The van der Waals surface area contributed by atoms with Gasteiger partial charge in [0.25, 0.3) is 0 Å². The number of hydrogen-bond acceptors (Lipinski definition) is 2. The summed E-state index contributed by atoms with van der Waals surface area (Å²) in [6.45, 7) is 15.9. The van der Waals surface area contributed by atoms with Crippen LogP contribution in [0.4, 0.5) is 0 Å². The molecule has 0 saturated carbocycles. The minimum absolute atomic E-state index is 0. The van der Waals surface area contributed by atoms with Gasteiger partial charge in [-0.2, -0.15) is 0 Å². The van der Waals surface area contributed by atoms with E-state index in [9.17, 15) is 0 Å². The van der Waals surface area contributed by atoms with Crippen LogP contribution >= 0.6 is 0 Å². The molecule has 0 radical (unpaired) electrons. The lowest BCUT2D eigenvalue weighted by Gasteiger charge is -2.36. The van der Waals surface area contributed by atoms with Crippen LogP contribution in [0.3, 0.4) is 0 Å². The number of rotatable bonds is 10. The molecule has 4 heteroatoms. The Morgan fingerprint density at radius 2 is 1.42 bits per heavy atom. The molecule has 1 atom stereocenters. The molecule has 3 nitrogen and oxygen atoms in total. The Labute approximate surface area is 196 Å². The van der Waals surface area contributed by atoms with E-state index in [1.165, 1.54) is 11.1 Å². The van der Waals surface area contributed by atoms with Gasteiger partial charge in [0.1, 0.15) is 18.9 Å². The van der Waals surface area contributed by atoms with Gasteiger partial charge in [-0.3, -0.25) is 4.48 Å². The van der Waals surface area contributed by atoms with Crippen molar-refractivity contribution in [1.82, 2.24) is 0 Å². The van der Waals surface area contributed by atoms with Crippen LogP contribution in [0.5, 0.6) is 5.75 Å². The molecule has 174 valence electrons. The molecule has 2 rings (SSSR count). The van der Waals surface area contributed by atoms with E-state index in [-0.39, 0.29) is 24.0 Å². The van der Waals surface area contributed by atoms with Gasteiger partial charge in [-0.05, 0) is 34.9 Å². The molecule has 2 aromatic carbocycles. The van der Waals surface area contributed by atoms with Crippen LogP contribution in [-0.4, -0.2) is 38.0 Å². The molecule has 0 bridgehead atoms. The van der Waals surface area contributed by atoms with Gasteiger partial charge in [-0.1, -0.05) is 77.1 Å². The lowest BCUT2D eigenvalue weighted by atomic mass is 9.72. The van der Waals surface area contributed by atoms with E-state index in [1.807, 2.05) is 30.3 Å². The molecule has 0 aliphatic heterocycles. The van der Waals surface area contributed by atoms with Gasteiger partial charge in [0.05, 0.1) is 20.7 Å². The molecule has 0 saturated heterocycles. The first-order valence-electron chi connectivity index (χ1n) is 11.1. The summed E-state index contributed by atoms with van der Waals surface area (Å²) in [5, 5.41) is 0. The van der Waals surface area contributed by atoms with Crippen molar-refractivity contribution < 1.29 is 26.4 Å². The third kappa shape index (κ3) is 9.22. The summed E-state index contributed by atoms with van der Waals surface area (Å²) >= 11 is 0. The van der Waals surface area contributed by atoms with Crippen molar-refractivity contribution in [2.24, 2.45) is 5.41 Å². The number of ether oxygens (including phenoxy) is 2. The molecule has 0 aromatic heterocycles. The van der Waals surface area contributed by atoms with Crippen LogP contribution in [0.2, 0.25) is 0 Å². The number of benzene rings is 2. The Kier molecular flexibility index (Phi) is 10.1. The first-order valence-corrected chi connectivity index (χ1v) is 11.1. The van der Waals surface area contributed by atoms with Crippen LogP contribution in [-0.2, 0) is 16.7 Å². The Balaban J connectivity index is 0.00000480. The second-order valence-corrected chi connectivity index (χ2v) is 10.9. The number of halogens is 1. The summed E-state index contributed by atoms with van der Waals surface area (Å²) in [5.41, 5.74) is 3.24. The highest BCUT2D eigenvalue weighted by Gasteiger charge is 2.28. The van der Waals surface area contributed by atoms with Crippen LogP contribution in [0, 0.1) is 5.41 Å². The first-order chi connectivity index (χ1) is 13.9. The molecule has 0 N–H and O–H groups in total. The Hall–Kier alpha value is -1.55. The van der Waals surface area contributed by atoms with Crippen molar-refractivity contribution >= 4 is 0 Å². The number of para-hydroxylation sites is 1. The zero-order valence-electron chi connectivity index (χ0n) is 20.7. The lowest BCUT2D eigenvalue weighted by Crippen LogP contribution is -3.00. The van der Waals surface area contributed by atoms with Crippen molar-refractivity contribution in [3.63, 3.8) is 0 Å². The smallest absolute Gasteiger partial charge is 0.190 e. The van der Waals surface area contributed by atoms with Crippen LogP contribution in [0.1, 0.15) is 59.1 Å². The minimum atomic E-state index is 0. The van der Waals surface area contributed by atoms with Crippen molar-refractivity contribution in [2.75, 3.05) is 27.3 Å². The Morgan fingerprint density at radius 1 is 0.839 bits per heavy atom. The molecule has 31 heavy (non-hydrogen) atoms. The molecule has 0 aliphatic carbocycles. The molecule has 1 unspecified atom stereocenters. The predicted octanol–water partition coefficient (Wildman–Crippen LogP) is 3.42. The topological polar surface area (TPSA) is 18.5 Å². The minimum Gasteiger partial charge on any atom is -1.00 e.